The Balaban J connectivity index is 1.64. The van der Waals surface area contributed by atoms with Crippen LogP contribution in [0.5, 0.6) is 0 Å². The van der Waals surface area contributed by atoms with Gasteiger partial charge in [-0.15, -0.1) is 0 Å². The minimum atomic E-state index is 0.442. The molecule has 0 bridgehead atoms. The highest BCUT2D eigenvalue weighted by Gasteiger charge is 2.12. The molecule has 4 heterocycles. The molecule has 1 N–H and O–H groups in total. The van der Waals surface area contributed by atoms with Gasteiger partial charge < -0.3 is 9.84 Å². The summed E-state index contributed by atoms with van der Waals surface area (Å²) in [5, 5.41) is 11.4. The Morgan fingerprint density at radius 1 is 1.13 bits per heavy atom. The minimum absolute atomic E-state index is 0.442. The van der Waals surface area contributed by atoms with Crippen LogP contribution in [0.2, 0.25) is 0 Å². The number of rotatable bonds is 4. The highest BCUT2D eigenvalue weighted by Crippen LogP contribution is 2.24. The van der Waals surface area contributed by atoms with Crippen LogP contribution in [0, 0.1) is 6.92 Å². The zero-order valence-electron chi connectivity index (χ0n) is 12.3. The van der Waals surface area contributed by atoms with Crippen LogP contribution < -0.4 is 5.32 Å². The second-order valence-corrected chi connectivity index (χ2v) is 4.94. The molecule has 0 unspecified atom stereocenters. The summed E-state index contributed by atoms with van der Waals surface area (Å²) in [5.74, 6) is 1.70. The maximum absolute atomic E-state index is 5.23. The van der Waals surface area contributed by atoms with Gasteiger partial charge in [0.15, 0.2) is 11.5 Å². The van der Waals surface area contributed by atoms with Crippen LogP contribution in [0.25, 0.3) is 17.1 Å². The SMILES string of the molecule is Cc1noc(-c2cccnc2NCc2ccnc3ccnn23)n1. The first-order chi connectivity index (χ1) is 11.3. The number of pyridine rings is 1. The zero-order chi connectivity index (χ0) is 15.6. The fraction of sp³-hybridized carbons (Fsp3) is 0.133. The van der Waals surface area contributed by atoms with E-state index in [2.05, 4.69) is 30.5 Å². The first-order valence-electron chi connectivity index (χ1n) is 7.08. The Morgan fingerprint density at radius 2 is 2.09 bits per heavy atom. The summed E-state index contributed by atoms with van der Waals surface area (Å²) >= 11 is 0. The topological polar surface area (TPSA) is 94.0 Å². The van der Waals surface area contributed by atoms with Crippen molar-refractivity contribution in [2.45, 2.75) is 13.5 Å². The van der Waals surface area contributed by atoms with E-state index in [9.17, 15) is 0 Å². The molecule has 0 spiro atoms. The normalized spacial score (nSPS) is 11.0. The van der Waals surface area contributed by atoms with E-state index in [0.29, 0.717) is 24.1 Å². The van der Waals surface area contributed by atoms with Crippen LogP contribution in [0.3, 0.4) is 0 Å². The molecule has 0 aliphatic carbocycles. The Labute approximate surface area is 131 Å². The summed E-state index contributed by atoms with van der Waals surface area (Å²) in [5.41, 5.74) is 2.54. The number of aromatic nitrogens is 6. The van der Waals surface area contributed by atoms with Crippen LogP contribution >= 0.6 is 0 Å². The van der Waals surface area contributed by atoms with E-state index in [-0.39, 0.29) is 0 Å². The zero-order valence-corrected chi connectivity index (χ0v) is 12.3. The lowest BCUT2D eigenvalue weighted by Gasteiger charge is -2.09. The van der Waals surface area contributed by atoms with Gasteiger partial charge in [0.1, 0.15) is 5.82 Å². The van der Waals surface area contributed by atoms with Crippen molar-refractivity contribution in [3.8, 4) is 11.5 Å². The Bertz CT molecular complexity index is 959. The molecule has 114 valence electrons. The predicted octanol–water partition coefficient (Wildman–Crippen LogP) is 2.09. The molecule has 0 aromatic carbocycles. The third-order valence-corrected chi connectivity index (χ3v) is 3.37. The van der Waals surface area contributed by atoms with Crippen LogP contribution in [0.15, 0.2) is 47.4 Å². The van der Waals surface area contributed by atoms with Crippen molar-refractivity contribution in [1.82, 2.24) is 29.7 Å². The number of hydrogen-bond acceptors (Lipinski definition) is 7. The van der Waals surface area contributed by atoms with E-state index in [1.807, 2.05) is 24.3 Å². The van der Waals surface area contributed by atoms with Crippen LogP contribution in [-0.4, -0.2) is 29.7 Å². The maximum Gasteiger partial charge on any atom is 0.261 e. The molecule has 4 aromatic heterocycles. The lowest BCUT2D eigenvalue weighted by Crippen LogP contribution is -2.08. The van der Waals surface area contributed by atoms with Crippen molar-refractivity contribution in [1.29, 1.82) is 0 Å². The number of nitrogens with one attached hydrogen (secondary N) is 1. The first-order valence-corrected chi connectivity index (χ1v) is 7.08. The third-order valence-electron chi connectivity index (χ3n) is 3.37. The van der Waals surface area contributed by atoms with E-state index in [1.165, 1.54) is 0 Å². The van der Waals surface area contributed by atoms with Gasteiger partial charge in [0.2, 0.25) is 0 Å². The molecule has 8 heteroatoms. The molecule has 0 fully saturated rings. The number of anilines is 1. The van der Waals surface area contributed by atoms with Gasteiger partial charge in [0.25, 0.3) is 5.89 Å². The van der Waals surface area contributed by atoms with Crippen molar-refractivity contribution in [2.75, 3.05) is 5.32 Å². The van der Waals surface area contributed by atoms with E-state index < -0.39 is 0 Å². The molecule has 0 saturated carbocycles. The number of nitrogens with zero attached hydrogens (tertiary/aromatic N) is 6. The standard InChI is InChI=1S/C15H13N7O/c1-10-20-15(23-21-10)12-3-2-6-17-14(12)18-9-11-4-7-16-13-5-8-19-22(11)13/h2-8H,9H2,1H3,(H,17,18). The summed E-state index contributed by atoms with van der Waals surface area (Å²) in [6, 6.07) is 7.49. The van der Waals surface area contributed by atoms with Crippen molar-refractivity contribution in [2.24, 2.45) is 0 Å². The van der Waals surface area contributed by atoms with Crippen molar-refractivity contribution in [3.63, 3.8) is 0 Å². The molecule has 8 nitrogen and oxygen atoms in total. The quantitative estimate of drug-likeness (QED) is 0.617. The molecule has 0 aliphatic heterocycles. The van der Waals surface area contributed by atoms with Crippen LogP contribution in [0.1, 0.15) is 11.5 Å². The minimum Gasteiger partial charge on any atom is -0.364 e. The molecular weight excluding hydrogens is 294 g/mol. The van der Waals surface area contributed by atoms with Gasteiger partial charge in [-0.2, -0.15) is 10.1 Å². The Morgan fingerprint density at radius 3 is 2.96 bits per heavy atom. The Kier molecular flexibility index (Phi) is 3.19. The third kappa shape index (κ3) is 2.50. The van der Waals surface area contributed by atoms with Crippen LogP contribution in [-0.2, 0) is 6.54 Å². The van der Waals surface area contributed by atoms with Gasteiger partial charge in [-0.05, 0) is 25.1 Å². The molecule has 0 amide bonds. The second kappa shape index (κ2) is 5.48. The number of aryl methyl sites for hydroxylation is 1. The average Bonchev–Trinajstić information content (AvgIpc) is 3.22. The van der Waals surface area contributed by atoms with Gasteiger partial charge in [-0.3, -0.25) is 0 Å². The predicted molar refractivity (Wildman–Crippen MR) is 82.6 cm³/mol. The molecule has 0 aliphatic rings. The van der Waals surface area contributed by atoms with Crippen LogP contribution in [0.4, 0.5) is 5.82 Å². The van der Waals surface area contributed by atoms with E-state index in [0.717, 1.165) is 16.9 Å². The molecule has 0 radical (unpaired) electrons. The summed E-state index contributed by atoms with van der Waals surface area (Å²) in [6.07, 6.45) is 5.19. The monoisotopic (exact) mass is 307 g/mol. The highest BCUT2D eigenvalue weighted by molar-refractivity contribution is 5.68. The van der Waals surface area contributed by atoms with Crippen molar-refractivity contribution >= 4 is 11.5 Å². The molecule has 0 atom stereocenters. The molecule has 4 rings (SSSR count). The fourth-order valence-corrected chi connectivity index (χ4v) is 2.32. The summed E-state index contributed by atoms with van der Waals surface area (Å²) in [6.45, 7) is 2.32. The number of fused-ring (bicyclic) bond motifs is 1. The van der Waals surface area contributed by atoms with Gasteiger partial charge in [0.05, 0.1) is 24.0 Å². The average molecular weight is 307 g/mol. The lowest BCUT2D eigenvalue weighted by atomic mass is 10.2. The highest BCUT2D eigenvalue weighted by atomic mass is 16.5. The molecule has 0 saturated heterocycles. The smallest absolute Gasteiger partial charge is 0.261 e. The second-order valence-electron chi connectivity index (χ2n) is 4.94. The maximum atomic E-state index is 5.23. The van der Waals surface area contributed by atoms with E-state index >= 15 is 0 Å². The van der Waals surface area contributed by atoms with Gasteiger partial charge in [-0.1, -0.05) is 5.16 Å². The van der Waals surface area contributed by atoms with Crippen molar-refractivity contribution < 1.29 is 4.52 Å². The first kappa shape index (κ1) is 13.4. The summed E-state index contributed by atoms with van der Waals surface area (Å²) < 4.78 is 7.02. The van der Waals surface area contributed by atoms with E-state index in [1.54, 1.807) is 30.0 Å². The fourth-order valence-electron chi connectivity index (χ4n) is 2.32. The molecule has 23 heavy (non-hydrogen) atoms. The van der Waals surface area contributed by atoms with Gasteiger partial charge in [0, 0.05) is 18.5 Å². The summed E-state index contributed by atoms with van der Waals surface area (Å²) in [4.78, 5) is 12.9. The molecule has 4 aromatic rings. The Hall–Kier alpha value is -3.29. The largest absolute Gasteiger partial charge is 0.364 e. The van der Waals surface area contributed by atoms with Gasteiger partial charge in [-0.25, -0.2) is 14.5 Å². The van der Waals surface area contributed by atoms with Gasteiger partial charge >= 0.3 is 0 Å². The van der Waals surface area contributed by atoms with Crippen molar-refractivity contribution in [3.05, 3.63) is 54.4 Å². The lowest BCUT2D eigenvalue weighted by molar-refractivity contribution is 0.425. The number of hydrogen-bond donors (Lipinski definition) is 1. The van der Waals surface area contributed by atoms with E-state index in [4.69, 9.17) is 4.52 Å². The summed E-state index contributed by atoms with van der Waals surface area (Å²) in [7, 11) is 0. The molecular formula is C15H13N7O.